The van der Waals surface area contributed by atoms with Crippen molar-refractivity contribution in [2.45, 2.75) is 17.1 Å². The van der Waals surface area contributed by atoms with E-state index in [-0.39, 0.29) is 28.0 Å². The van der Waals surface area contributed by atoms with Gasteiger partial charge in [0.05, 0.1) is 11.5 Å². The van der Waals surface area contributed by atoms with E-state index in [1.54, 1.807) is 0 Å². The molecule has 1 heterocycles. The van der Waals surface area contributed by atoms with Crippen molar-refractivity contribution in [2.24, 2.45) is 11.8 Å². The molecular weight excluding hydrogens is 320 g/mol. The zero-order valence-corrected chi connectivity index (χ0v) is 12.7. The van der Waals surface area contributed by atoms with Crippen molar-refractivity contribution in [1.29, 1.82) is 0 Å². The fourth-order valence-corrected chi connectivity index (χ4v) is 3.88. The van der Waals surface area contributed by atoms with Crippen LogP contribution in [0.15, 0.2) is 10.3 Å². The number of nitrogens with one attached hydrogen (secondary N) is 2. The van der Waals surface area contributed by atoms with Crippen LogP contribution in [0.5, 0.6) is 0 Å². The Balaban J connectivity index is 1.92. The van der Waals surface area contributed by atoms with E-state index in [0.29, 0.717) is 23.9 Å². The minimum atomic E-state index is -3.80. The van der Waals surface area contributed by atoms with E-state index < -0.39 is 14.9 Å². The summed E-state index contributed by atoms with van der Waals surface area (Å²) in [6.45, 7) is 1.03. The van der Waals surface area contributed by atoms with E-state index in [2.05, 4.69) is 10.1 Å². The van der Waals surface area contributed by atoms with Gasteiger partial charge in [-0.3, -0.25) is 10.1 Å². The molecule has 0 bridgehead atoms. The number of rotatable bonds is 9. The first-order valence-corrected chi connectivity index (χ1v) is 8.56. The number of hydrazine groups is 1. The van der Waals surface area contributed by atoms with Crippen LogP contribution in [0.2, 0.25) is 0 Å². The van der Waals surface area contributed by atoms with Crippen LogP contribution in [0.1, 0.15) is 12.8 Å². The first kappa shape index (κ1) is 16.1. The number of thiophene rings is 1. The van der Waals surface area contributed by atoms with Crippen molar-refractivity contribution in [3.05, 3.63) is 16.2 Å². The predicted molar refractivity (Wildman–Crippen MR) is 77.5 cm³/mol. The second-order valence-electron chi connectivity index (χ2n) is 4.60. The molecule has 4 N–H and O–H groups in total. The molecule has 0 spiro atoms. The zero-order chi connectivity index (χ0) is 15.5. The quantitative estimate of drug-likeness (QED) is 0.260. The Hall–Kier alpha value is -1.27. The molecule has 118 valence electrons. The van der Waals surface area contributed by atoms with E-state index >= 15 is 0 Å². The number of anilines is 1. The standard InChI is InChI=1S/C10H16N4O5S2/c11-13-10-8(14(15)16)5-9(20-10)21(17,18)12-3-4-19-6-7-1-2-7/h5,7,12-13H,1-4,6,11H2. The Morgan fingerprint density at radius 2 is 2.24 bits per heavy atom. The summed E-state index contributed by atoms with van der Waals surface area (Å²) in [5.41, 5.74) is 1.76. The molecule has 1 aromatic rings. The number of ether oxygens (including phenoxy) is 1. The van der Waals surface area contributed by atoms with E-state index in [0.717, 1.165) is 6.07 Å². The third-order valence-corrected chi connectivity index (χ3v) is 5.86. The molecule has 9 nitrogen and oxygen atoms in total. The van der Waals surface area contributed by atoms with Gasteiger partial charge in [-0.15, -0.1) is 0 Å². The molecule has 0 aliphatic heterocycles. The molecule has 0 saturated heterocycles. The van der Waals surface area contributed by atoms with E-state index in [1.807, 2.05) is 0 Å². The molecule has 2 rings (SSSR count). The summed E-state index contributed by atoms with van der Waals surface area (Å²) in [6, 6.07) is 0.979. The highest BCUT2D eigenvalue weighted by Crippen LogP contribution is 2.36. The van der Waals surface area contributed by atoms with Crippen molar-refractivity contribution in [1.82, 2.24) is 4.72 Å². The van der Waals surface area contributed by atoms with Gasteiger partial charge in [-0.25, -0.2) is 19.0 Å². The number of hydrogen-bond acceptors (Lipinski definition) is 8. The highest BCUT2D eigenvalue weighted by Gasteiger charge is 2.26. The van der Waals surface area contributed by atoms with Gasteiger partial charge in [-0.1, -0.05) is 11.3 Å². The molecular formula is C10H16N4O5S2. The number of nitrogens with two attached hydrogens (primary N) is 1. The van der Waals surface area contributed by atoms with Crippen molar-refractivity contribution in [3.8, 4) is 0 Å². The van der Waals surface area contributed by atoms with Crippen LogP contribution in [0.4, 0.5) is 10.7 Å². The molecule has 1 aliphatic carbocycles. The molecule has 0 radical (unpaired) electrons. The first-order chi connectivity index (χ1) is 9.94. The van der Waals surface area contributed by atoms with Crippen LogP contribution in [0.25, 0.3) is 0 Å². The summed E-state index contributed by atoms with van der Waals surface area (Å²) >= 11 is 0.704. The lowest BCUT2D eigenvalue weighted by Crippen LogP contribution is -2.27. The van der Waals surface area contributed by atoms with Crippen LogP contribution in [0.3, 0.4) is 0 Å². The normalized spacial score (nSPS) is 15.1. The smallest absolute Gasteiger partial charge is 0.306 e. The zero-order valence-electron chi connectivity index (χ0n) is 11.1. The summed E-state index contributed by atoms with van der Waals surface area (Å²) in [6.07, 6.45) is 2.33. The molecule has 11 heteroatoms. The number of hydrogen-bond donors (Lipinski definition) is 3. The van der Waals surface area contributed by atoms with Gasteiger partial charge in [-0.2, -0.15) is 0 Å². The van der Waals surface area contributed by atoms with E-state index in [4.69, 9.17) is 10.6 Å². The highest BCUT2D eigenvalue weighted by atomic mass is 32.2. The molecule has 21 heavy (non-hydrogen) atoms. The first-order valence-electron chi connectivity index (χ1n) is 6.26. The maximum atomic E-state index is 12.0. The van der Waals surface area contributed by atoms with Crippen molar-refractivity contribution in [2.75, 3.05) is 25.2 Å². The molecule has 1 aliphatic rings. The van der Waals surface area contributed by atoms with Gasteiger partial charge in [0.25, 0.3) is 0 Å². The van der Waals surface area contributed by atoms with Gasteiger partial charge in [0.2, 0.25) is 10.0 Å². The summed E-state index contributed by atoms with van der Waals surface area (Å²) in [7, 11) is -3.80. The van der Waals surface area contributed by atoms with Crippen molar-refractivity contribution >= 4 is 32.0 Å². The molecule has 1 saturated carbocycles. The monoisotopic (exact) mass is 336 g/mol. The summed E-state index contributed by atoms with van der Waals surface area (Å²) < 4.78 is 31.5. The Kier molecular flexibility index (Phi) is 5.11. The minimum Gasteiger partial charge on any atom is -0.380 e. The second-order valence-corrected chi connectivity index (χ2v) is 7.64. The van der Waals surface area contributed by atoms with E-state index in [1.165, 1.54) is 12.8 Å². The SMILES string of the molecule is NNc1sc(S(=O)(=O)NCCOCC2CC2)cc1[N+](=O)[O-]. The molecule has 0 unspecified atom stereocenters. The lowest BCUT2D eigenvalue weighted by molar-refractivity contribution is -0.383. The summed E-state index contributed by atoms with van der Waals surface area (Å²) in [5.74, 6) is 5.75. The molecule has 0 amide bonds. The van der Waals surface area contributed by atoms with Crippen LogP contribution < -0.4 is 16.0 Å². The Labute approximate surface area is 125 Å². The third kappa shape index (κ3) is 4.35. The lowest BCUT2D eigenvalue weighted by Gasteiger charge is -2.05. The predicted octanol–water partition coefficient (Wildman–Crippen LogP) is 0.647. The topological polar surface area (TPSA) is 137 Å². The van der Waals surface area contributed by atoms with Gasteiger partial charge in [0.15, 0.2) is 5.00 Å². The van der Waals surface area contributed by atoms with Crippen molar-refractivity contribution < 1.29 is 18.1 Å². The fraction of sp³-hybridized carbons (Fsp3) is 0.600. The van der Waals surface area contributed by atoms with Gasteiger partial charge in [0.1, 0.15) is 4.21 Å². The van der Waals surface area contributed by atoms with Crippen LogP contribution in [-0.4, -0.2) is 33.1 Å². The second kappa shape index (κ2) is 6.66. The molecule has 0 aromatic carbocycles. The van der Waals surface area contributed by atoms with Gasteiger partial charge in [0, 0.05) is 19.2 Å². The summed E-state index contributed by atoms with van der Waals surface area (Å²) in [5, 5.41) is 10.8. The average molecular weight is 336 g/mol. The molecule has 0 atom stereocenters. The number of nitrogen functional groups attached to an aromatic ring is 1. The van der Waals surface area contributed by atoms with Crippen LogP contribution >= 0.6 is 11.3 Å². The lowest BCUT2D eigenvalue weighted by atomic mass is 10.5. The molecule has 1 aromatic heterocycles. The minimum absolute atomic E-state index is 0.00893. The number of sulfonamides is 1. The third-order valence-electron chi connectivity index (χ3n) is 2.87. The number of nitro groups is 1. The van der Waals surface area contributed by atoms with Gasteiger partial charge < -0.3 is 10.2 Å². The van der Waals surface area contributed by atoms with Crippen molar-refractivity contribution in [3.63, 3.8) is 0 Å². The van der Waals surface area contributed by atoms with E-state index in [9.17, 15) is 18.5 Å². The Bertz CT molecular complexity index is 611. The molecule has 1 fully saturated rings. The van der Waals surface area contributed by atoms with Gasteiger partial charge in [-0.05, 0) is 18.8 Å². The largest absolute Gasteiger partial charge is 0.380 e. The Morgan fingerprint density at radius 3 is 2.76 bits per heavy atom. The maximum Gasteiger partial charge on any atom is 0.306 e. The number of nitrogens with zero attached hydrogens (tertiary/aromatic N) is 1. The highest BCUT2D eigenvalue weighted by molar-refractivity contribution is 7.91. The van der Waals surface area contributed by atoms with Crippen LogP contribution in [-0.2, 0) is 14.8 Å². The van der Waals surface area contributed by atoms with Crippen LogP contribution in [0, 0.1) is 16.0 Å². The fourth-order valence-electron chi connectivity index (χ4n) is 1.58. The average Bonchev–Trinajstić information content (AvgIpc) is 3.13. The maximum absolute atomic E-state index is 12.0. The Morgan fingerprint density at radius 1 is 1.52 bits per heavy atom. The van der Waals surface area contributed by atoms with Gasteiger partial charge >= 0.3 is 5.69 Å². The summed E-state index contributed by atoms with van der Waals surface area (Å²) in [4.78, 5) is 10.1.